The normalized spacial score (nSPS) is 10.4. The molecule has 126 valence electrons. The third-order valence-electron chi connectivity index (χ3n) is 3.34. The molecule has 0 bridgehead atoms. The molecule has 2 aromatic carbocycles. The number of aromatic nitrogens is 4. The second-order valence-corrected chi connectivity index (χ2v) is 5.07. The Hall–Kier alpha value is -3.69. The van der Waals surface area contributed by atoms with Gasteiger partial charge in [-0.15, -0.1) is 5.10 Å². The topological polar surface area (TPSA) is 116 Å². The molecule has 25 heavy (non-hydrogen) atoms. The van der Waals surface area contributed by atoms with Crippen LogP contribution in [0.4, 0.5) is 15.8 Å². The maximum Gasteiger partial charge on any atom is 0.306 e. The smallest absolute Gasteiger partial charge is 0.306 e. The number of amides is 1. The van der Waals surface area contributed by atoms with Gasteiger partial charge in [0.05, 0.1) is 17.0 Å². The highest BCUT2D eigenvalue weighted by atomic mass is 19.1. The third kappa shape index (κ3) is 3.80. The first-order valence-corrected chi connectivity index (χ1v) is 7.09. The van der Waals surface area contributed by atoms with E-state index in [4.69, 9.17) is 0 Å². The van der Waals surface area contributed by atoms with E-state index in [1.807, 2.05) is 0 Å². The number of carbonyl (C=O) groups is 1. The van der Waals surface area contributed by atoms with E-state index in [-0.39, 0.29) is 18.0 Å². The SMILES string of the molecule is O=C(Cc1ccc(-n2cnnn2)cc1)Nc1ccc(F)c([N+](=O)[O-])c1. The number of hydrogen-bond donors (Lipinski definition) is 1. The molecule has 0 fully saturated rings. The van der Waals surface area contributed by atoms with Gasteiger partial charge in [-0.05, 0) is 40.3 Å². The fraction of sp³-hybridized carbons (Fsp3) is 0.0667. The lowest BCUT2D eigenvalue weighted by Gasteiger charge is -2.06. The summed E-state index contributed by atoms with van der Waals surface area (Å²) < 4.78 is 14.8. The van der Waals surface area contributed by atoms with Crippen molar-refractivity contribution in [3.8, 4) is 5.69 Å². The van der Waals surface area contributed by atoms with Crippen molar-refractivity contribution in [3.05, 3.63) is 70.3 Å². The molecule has 1 heterocycles. The fourth-order valence-electron chi connectivity index (χ4n) is 2.17. The van der Waals surface area contributed by atoms with Gasteiger partial charge >= 0.3 is 5.69 Å². The lowest BCUT2D eigenvalue weighted by atomic mass is 10.1. The molecule has 0 aliphatic rings. The average molecular weight is 342 g/mol. The summed E-state index contributed by atoms with van der Waals surface area (Å²) in [5, 5.41) is 24.0. The van der Waals surface area contributed by atoms with Crippen molar-refractivity contribution >= 4 is 17.3 Å². The number of nitrogens with zero attached hydrogens (tertiary/aromatic N) is 5. The predicted molar refractivity (Wildman–Crippen MR) is 84.5 cm³/mol. The molecule has 10 heteroatoms. The van der Waals surface area contributed by atoms with Gasteiger partial charge in [0.2, 0.25) is 11.7 Å². The number of carbonyl (C=O) groups excluding carboxylic acids is 1. The Morgan fingerprint density at radius 1 is 1.24 bits per heavy atom. The highest BCUT2D eigenvalue weighted by Gasteiger charge is 2.15. The summed E-state index contributed by atoms with van der Waals surface area (Å²) >= 11 is 0. The second kappa shape index (κ2) is 6.83. The summed E-state index contributed by atoms with van der Waals surface area (Å²) in [5.74, 6) is -1.34. The molecule has 0 atom stereocenters. The maximum absolute atomic E-state index is 13.3. The van der Waals surface area contributed by atoms with Gasteiger partial charge in [-0.1, -0.05) is 12.1 Å². The summed E-state index contributed by atoms with van der Waals surface area (Å²) in [6.45, 7) is 0. The van der Waals surface area contributed by atoms with Crippen LogP contribution in [-0.4, -0.2) is 31.0 Å². The largest absolute Gasteiger partial charge is 0.326 e. The molecule has 0 spiro atoms. The minimum Gasteiger partial charge on any atom is -0.326 e. The van der Waals surface area contributed by atoms with Gasteiger partial charge in [0.15, 0.2) is 0 Å². The standard InChI is InChI=1S/C15H11FN6O3/c16-13-6-3-11(8-14(13)22(24)25)18-15(23)7-10-1-4-12(5-2-10)21-9-17-19-20-21/h1-6,8-9H,7H2,(H,18,23). The number of rotatable bonds is 5. The molecule has 0 aliphatic heterocycles. The molecule has 0 saturated heterocycles. The van der Waals surface area contributed by atoms with E-state index in [9.17, 15) is 19.3 Å². The third-order valence-corrected chi connectivity index (χ3v) is 3.34. The number of nitro groups is 1. The molecule has 1 N–H and O–H groups in total. The number of nitrogens with one attached hydrogen (secondary N) is 1. The maximum atomic E-state index is 13.3. The molecule has 0 saturated carbocycles. The van der Waals surface area contributed by atoms with Crippen LogP contribution in [0.5, 0.6) is 0 Å². The number of benzene rings is 2. The van der Waals surface area contributed by atoms with E-state index in [0.29, 0.717) is 0 Å². The lowest BCUT2D eigenvalue weighted by molar-refractivity contribution is -0.387. The van der Waals surface area contributed by atoms with Crippen molar-refractivity contribution in [2.75, 3.05) is 5.32 Å². The molecular weight excluding hydrogens is 331 g/mol. The Labute approximate surface area is 140 Å². The first kappa shape index (κ1) is 16.2. The molecule has 1 amide bonds. The van der Waals surface area contributed by atoms with Gasteiger partial charge in [0.25, 0.3) is 0 Å². The van der Waals surface area contributed by atoms with Gasteiger partial charge in [-0.3, -0.25) is 14.9 Å². The molecule has 9 nitrogen and oxygen atoms in total. The Bertz CT molecular complexity index is 912. The summed E-state index contributed by atoms with van der Waals surface area (Å²) in [5.41, 5.74) is 0.932. The molecule has 3 aromatic rings. The summed E-state index contributed by atoms with van der Waals surface area (Å²) in [6.07, 6.45) is 1.50. The van der Waals surface area contributed by atoms with E-state index < -0.39 is 16.4 Å². The second-order valence-electron chi connectivity index (χ2n) is 5.07. The van der Waals surface area contributed by atoms with Crippen molar-refractivity contribution in [1.29, 1.82) is 0 Å². The number of nitro benzene ring substituents is 1. The number of halogens is 1. The molecule has 0 radical (unpaired) electrons. The van der Waals surface area contributed by atoms with Crippen molar-refractivity contribution in [3.63, 3.8) is 0 Å². The van der Waals surface area contributed by atoms with Crippen LogP contribution in [0, 0.1) is 15.9 Å². The molecule has 0 aliphatic carbocycles. The quantitative estimate of drug-likeness (QED) is 0.559. The Kier molecular flexibility index (Phi) is 4.42. The van der Waals surface area contributed by atoms with E-state index >= 15 is 0 Å². The van der Waals surface area contributed by atoms with E-state index in [1.165, 1.54) is 17.1 Å². The van der Waals surface area contributed by atoms with E-state index in [1.54, 1.807) is 24.3 Å². The first-order valence-electron chi connectivity index (χ1n) is 7.09. The van der Waals surface area contributed by atoms with Crippen LogP contribution < -0.4 is 5.32 Å². The van der Waals surface area contributed by atoms with Gasteiger partial charge in [-0.25, -0.2) is 4.68 Å². The highest BCUT2D eigenvalue weighted by molar-refractivity contribution is 5.92. The number of tetrazole rings is 1. The van der Waals surface area contributed by atoms with Crippen LogP contribution >= 0.6 is 0 Å². The highest BCUT2D eigenvalue weighted by Crippen LogP contribution is 2.21. The Morgan fingerprint density at radius 3 is 2.64 bits per heavy atom. The van der Waals surface area contributed by atoms with E-state index in [2.05, 4.69) is 20.8 Å². The minimum absolute atomic E-state index is 0.0566. The van der Waals surface area contributed by atoms with Gasteiger partial charge < -0.3 is 5.32 Å². The van der Waals surface area contributed by atoms with Crippen molar-refractivity contribution in [1.82, 2.24) is 20.2 Å². The van der Waals surface area contributed by atoms with Gasteiger partial charge in [-0.2, -0.15) is 4.39 Å². The zero-order valence-corrected chi connectivity index (χ0v) is 12.7. The van der Waals surface area contributed by atoms with Crippen LogP contribution in [0.2, 0.25) is 0 Å². The molecule has 0 unspecified atom stereocenters. The van der Waals surface area contributed by atoms with Crippen LogP contribution in [-0.2, 0) is 11.2 Å². The summed E-state index contributed by atoms with van der Waals surface area (Å²) in [4.78, 5) is 21.9. The zero-order chi connectivity index (χ0) is 17.8. The van der Waals surface area contributed by atoms with Gasteiger partial charge in [0, 0.05) is 11.8 Å². The zero-order valence-electron chi connectivity index (χ0n) is 12.7. The van der Waals surface area contributed by atoms with Crippen molar-refractivity contribution in [2.45, 2.75) is 6.42 Å². The monoisotopic (exact) mass is 342 g/mol. The summed E-state index contributed by atoms with van der Waals surface area (Å²) in [7, 11) is 0. The molecule has 3 rings (SSSR count). The van der Waals surface area contributed by atoms with E-state index in [0.717, 1.165) is 23.4 Å². The Morgan fingerprint density at radius 2 is 2.00 bits per heavy atom. The van der Waals surface area contributed by atoms with Crippen LogP contribution in [0.25, 0.3) is 5.69 Å². The van der Waals surface area contributed by atoms with Crippen LogP contribution in [0.1, 0.15) is 5.56 Å². The van der Waals surface area contributed by atoms with Crippen molar-refractivity contribution < 1.29 is 14.1 Å². The predicted octanol–water partition coefficient (Wildman–Crippen LogP) is 1.89. The van der Waals surface area contributed by atoms with Crippen molar-refractivity contribution in [2.24, 2.45) is 0 Å². The fourth-order valence-corrected chi connectivity index (χ4v) is 2.17. The average Bonchev–Trinajstić information content (AvgIpc) is 3.11. The van der Waals surface area contributed by atoms with Crippen LogP contribution in [0.15, 0.2) is 48.8 Å². The van der Waals surface area contributed by atoms with Crippen LogP contribution in [0.3, 0.4) is 0 Å². The number of hydrogen-bond acceptors (Lipinski definition) is 6. The first-order chi connectivity index (χ1) is 12.0. The molecule has 1 aromatic heterocycles. The number of anilines is 1. The summed E-state index contributed by atoms with van der Waals surface area (Å²) in [6, 6.07) is 10.2. The lowest BCUT2D eigenvalue weighted by Crippen LogP contribution is -2.14. The minimum atomic E-state index is -0.957. The Balaban J connectivity index is 1.66. The van der Waals surface area contributed by atoms with Gasteiger partial charge in [0.1, 0.15) is 6.33 Å². The molecular formula is C15H11FN6O3.